The van der Waals surface area contributed by atoms with Crippen LogP contribution in [-0.2, 0) is 46.6 Å². The molecule has 0 aromatic heterocycles. The molecule has 8 atom stereocenters. The third-order valence-electron chi connectivity index (χ3n) is 10.6. The Morgan fingerprint density at radius 1 is 0.639 bits per heavy atom. The Kier molecular flexibility index (Phi) is 31.9. The third-order valence-corrected chi connectivity index (χ3v) is 12.1. The molecule has 1 saturated carbocycles. The minimum absolute atomic E-state index is 0.0186. The van der Waals surface area contributed by atoms with Crippen LogP contribution in [0.5, 0.6) is 0 Å². The SMILES string of the molecule is CCCCCCCCCCCCCCCC(=O)OC[C@H](COP(=O)(O)OC[C@@H](O)COP(=O)(O)O)OC(=O)CCCCC(=O)C[C@@H]1[C@@H](/C=C/[C@@H](O)CCCCC)[C@H](O)C[C@@H]1O. The van der Waals surface area contributed by atoms with E-state index in [0.29, 0.717) is 19.3 Å². The van der Waals surface area contributed by atoms with Gasteiger partial charge in [-0.05, 0) is 25.7 Å². The molecule has 61 heavy (non-hydrogen) atoms. The number of rotatable bonds is 39. The van der Waals surface area contributed by atoms with Crippen molar-refractivity contribution < 1.29 is 81.7 Å². The molecule has 1 fully saturated rings. The first kappa shape index (κ1) is 57.4. The first-order valence-electron chi connectivity index (χ1n) is 22.6. The van der Waals surface area contributed by atoms with Crippen LogP contribution in [0.25, 0.3) is 0 Å². The molecular formula is C42H78O17P2. The van der Waals surface area contributed by atoms with Crippen molar-refractivity contribution in [2.75, 3.05) is 26.4 Å². The maximum Gasteiger partial charge on any atom is 0.472 e. The fourth-order valence-corrected chi connectivity index (χ4v) is 8.27. The fourth-order valence-electron chi connectivity index (χ4n) is 7.11. The summed E-state index contributed by atoms with van der Waals surface area (Å²) in [4.78, 5) is 65.8. The number of hydrogen-bond acceptors (Lipinski definition) is 14. The molecule has 0 aromatic carbocycles. The molecule has 0 bridgehead atoms. The molecule has 1 rings (SSSR count). The molecule has 1 aliphatic carbocycles. The van der Waals surface area contributed by atoms with Crippen molar-refractivity contribution in [3.63, 3.8) is 0 Å². The molecule has 0 amide bonds. The zero-order valence-electron chi connectivity index (χ0n) is 36.6. The number of Topliss-reactive ketones (excluding diaryl/α,β-unsaturated/α-hetero) is 1. The minimum atomic E-state index is -4.91. The number of hydrogen-bond donors (Lipinski definition) is 7. The molecule has 358 valence electrons. The predicted molar refractivity (Wildman–Crippen MR) is 228 cm³/mol. The lowest BCUT2D eigenvalue weighted by Gasteiger charge is -2.21. The number of unbranched alkanes of at least 4 members (excludes halogenated alkanes) is 15. The molecule has 0 saturated heterocycles. The molecule has 1 aliphatic rings. The lowest BCUT2D eigenvalue weighted by molar-refractivity contribution is -0.161. The largest absolute Gasteiger partial charge is 0.472 e. The maximum atomic E-state index is 12.9. The Morgan fingerprint density at radius 3 is 1.75 bits per heavy atom. The van der Waals surface area contributed by atoms with Gasteiger partial charge < -0.3 is 44.6 Å². The first-order valence-corrected chi connectivity index (χ1v) is 25.6. The molecule has 7 N–H and O–H groups in total. The summed E-state index contributed by atoms with van der Waals surface area (Å²) in [7, 11) is -9.82. The van der Waals surface area contributed by atoms with Gasteiger partial charge in [-0.15, -0.1) is 0 Å². The molecule has 1 unspecified atom stereocenters. The summed E-state index contributed by atoms with van der Waals surface area (Å²) < 4.78 is 47.7. The fraction of sp³-hybridized carbons (Fsp3) is 0.881. The lowest BCUT2D eigenvalue weighted by atomic mass is 9.87. The number of carbonyl (C=O) groups is 3. The Hall–Kier alpha value is -1.59. The van der Waals surface area contributed by atoms with Crippen molar-refractivity contribution in [3.8, 4) is 0 Å². The number of esters is 2. The predicted octanol–water partition coefficient (Wildman–Crippen LogP) is 6.90. The zero-order chi connectivity index (χ0) is 45.5. The summed E-state index contributed by atoms with van der Waals surface area (Å²) in [6.45, 7) is 1.23. The standard InChI is InChI=1S/C42H78O17P2/c1-3-5-7-8-9-10-11-12-13-14-15-16-18-23-41(48)55-31-36(32-58-61(53,54)57-30-35(45)29-56-60(50,51)52)59-42(49)24-20-19-22-34(44)27-38-37(39(46)28-40(38)47)26-25-33(43)21-17-6-4-2/h25-26,33,35-40,43,45-47H,3-24,27-32H2,1-2H3,(H,53,54)(H2,50,51,52)/b26-25+/t33-,35-,36+,37+,38+,39+,40-/m0/s1. The van der Waals surface area contributed by atoms with Gasteiger partial charge in [0, 0.05) is 43.9 Å². The number of phosphoric ester groups is 2. The van der Waals surface area contributed by atoms with Crippen LogP contribution < -0.4 is 0 Å². The van der Waals surface area contributed by atoms with Crippen molar-refractivity contribution in [1.29, 1.82) is 0 Å². The zero-order valence-corrected chi connectivity index (χ0v) is 38.4. The molecule has 0 aromatic rings. The molecular weight excluding hydrogens is 838 g/mol. The van der Waals surface area contributed by atoms with Crippen LogP contribution in [0.3, 0.4) is 0 Å². The molecule has 0 radical (unpaired) electrons. The highest BCUT2D eigenvalue weighted by atomic mass is 31.2. The van der Waals surface area contributed by atoms with E-state index in [0.717, 1.165) is 44.9 Å². The number of carbonyl (C=O) groups excluding carboxylic acids is 3. The summed E-state index contributed by atoms with van der Waals surface area (Å²) in [5.74, 6) is -2.47. The summed E-state index contributed by atoms with van der Waals surface area (Å²) in [5.41, 5.74) is 0. The minimum Gasteiger partial charge on any atom is -0.462 e. The average Bonchev–Trinajstić information content (AvgIpc) is 3.46. The molecule has 17 nitrogen and oxygen atoms in total. The van der Waals surface area contributed by atoms with Gasteiger partial charge in [0.05, 0.1) is 38.1 Å². The summed E-state index contributed by atoms with van der Waals surface area (Å²) in [5, 5.41) is 41.1. The Bertz CT molecular complexity index is 1310. The maximum absolute atomic E-state index is 12.9. The van der Waals surface area contributed by atoms with E-state index in [4.69, 9.17) is 23.8 Å². The second kappa shape index (κ2) is 33.9. The van der Waals surface area contributed by atoms with Gasteiger partial charge >= 0.3 is 27.6 Å². The van der Waals surface area contributed by atoms with Gasteiger partial charge in [-0.3, -0.25) is 28.0 Å². The lowest BCUT2D eigenvalue weighted by Crippen LogP contribution is -2.30. The quantitative estimate of drug-likeness (QED) is 0.0143. The van der Waals surface area contributed by atoms with Crippen LogP contribution in [0.2, 0.25) is 0 Å². The smallest absolute Gasteiger partial charge is 0.462 e. The van der Waals surface area contributed by atoms with Crippen molar-refractivity contribution in [2.45, 2.75) is 198 Å². The Labute approximate surface area is 363 Å². The summed E-state index contributed by atoms with van der Waals surface area (Å²) >= 11 is 0. The van der Waals surface area contributed by atoms with E-state index < -0.39 is 96.4 Å². The van der Waals surface area contributed by atoms with Gasteiger partial charge in [0.15, 0.2) is 6.10 Å². The van der Waals surface area contributed by atoms with Crippen molar-refractivity contribution in [3.05, 3.63) is 12.2 Å². The third kappa shape index (κ3) is 31.0. The highest BCUT2D eigenvalue weighted by molar-refractivity contribution is 7.47. The van der Waals surface area contributed by atoms with Crippen LogP contribution in [0.4, 0.5) is 0 Å². The van der Waals surface area contributed by atoms with Gasteiger partial charge in [-0.1, -0.05) is 122 Å². The molecule has 0 aliphatic heterocycles. The van der Waals surface area contributed by atoms with Gasteiger partial charge in [0.25, 0.3) is 0 Å². The van der Waals surface area contributed by atoms with Crippen LogP contribution >= 0.6 is 15.6 Å². The van der Waals surface area contributed by atoms with Crippen molar-refractivity contribution in [1.82, 2.24) is 0 Å². The van der Waals surface area contributed by atoms with E-state index in [1.165, 1.54) is 51.4 Å². The van der Waals surface area contributed by atoms with Crippen LogP contribution in [0.1, 0.15) is 168 Å². The van der Waals surface area contributed by atoms with E-state index in [1.807, 2.05) is 0 Å². The summed E-state index contributed by atoms with van der Waals surface area (Å²) in [6, 6.07) is 0. The number of aliphatic hydroxyl groups is 4. The first-order chi connectivity index (χ1) is 29.0. The second-order valence-corrected chi connectivity index (χ2v) is 19.0. The number of ketones is 1. The van der Waals surface area contributed by atoms with E-state index >= 15 is 0 Å². The molecule has 0 spiro atoms. The highest BCUT2D eigenvalue weighted by Crippen LogP contribution is 2.44. The van der Waals surface area contributed by atoms with Crippen LogP contribution in [0, 0.1) is 11.8 Å². The Balaban J connectivity index is 2.59. The number of aliphatic hydroxyl groups excluding tert-OH is 4. The van der Waals surface area contributed by atoms with E-state index in [1.54, 1.807) is 12.2 Å². The number of phosphoric acid groups is 2. The van der Waals surface area contributed by atoms with Gasteiger partial charge in [-0.25, -0.2) is 9.13 Å². The van der Waals surface area contributed by atoms with E-state index in [2.05, 4.69) is 22.9 Å². The summed E-state index contributed by atoms with van der Waals surface area (Å²) in [6.07, 6.45) is 17.0. The molecule has 0 heterocycles. The number of ether oxygens (including phenoxy) is 2. The molecule has 19 heteroatoms. The van der Waals surface area contributed by atoms with Crippen LogP contribution in [-0.4, -0.2) is 110 Å². The Morgan fingerprint density at radius 2 is 1.15 bits per heavy atom. The van der Waals surface area contributed by atoms with Gasteiger partial charge in [-0.2, -0.15) is 0 Å². The van der Waals surface area contributed by atoms with E-state index in [-0.39, 0.29) is 44.3 Å². The van der Waals surface area contributed by atoms with Gasteiger partial charge in [0.1, 0.15) is 18.5 Å². The van der Waals surface area contributed by atoms with E-state index in [9.17, 15) is 48.8 Å². The topological polar surface area (TPSA) is 273 Å². The van der Waals surface area contributed by atoms with Crippen LogP contribution in [0.15, 0.2) is 12.2 Å². The second-order valence-electron chi connectivity index (χ2n) is 16.3. The van der Waals surface area contributed by atoms with Crippen molar-refractivity contribution >= 4 is 33.4 Å². The van der Waals surface area contributed by atoms with Crippen molar-refractivity contribution in [2.24, 2.45) is 11.8 Å². The highest BCUT2D eigenvalue weighted by Gasteiger charge is 2.41. The van der Waals surface area contributed by atoms with Gasteiger partial charge in [0.2, 0.25) is 0 Å². The normalized spacial score (nSPS) is 20.7. The average molecular weight is 917 g/mol. The monoisotopic (exact) mass is 916 g/mol.